The third-order valence-corrected chi connectivity index (χ3v) is 3.79. The second-order valence-electron chi connectivity index (χ2n) is 5.11. The summed E-state index contributed by atoms with van der Waals surface area (Å²) in [5.74, 6) is 1.48. The van der Waals surface area contributed by atoms with Crippen LogP contribution in [0.1, 0.15) is 11.1 Å². The van der Waals surface area contributed by atoms with Gasteiger partial charge in [-0.1, -0.05) is 60.7 Å². The van der Waals surface area contributed by atoms with Gasteiger partial charge in [0.15, 0.2) is 11.6 Å². The summed E-state index contributed by atoms with van der Waals surface area (Å²) in [6.45, 7) is 1.22. The molecule has 3 aromatic rings. The van der Waals surface area contributed by atoms with Crippen LogP contribution in [0.25, 0.3) is 0 Å². The van der Waals surface area contributed by atoms with Gasteiger partial charge in [-0.3, -0.25) is 0 Å². The van der Waals surface area contributed by atoms with Crippen molar-refractivity contribution >= 4 is 21.7 Å². The Labute approximate surface area is 144 Å². The second-order valence-corrected chi connectivity index (χ2v) is 6.03. The Morgan fingerprint density at radius 1 is 0.913 bits per heavy atom. The summed E-state index contributed by atoms with van der Waals surface area (Å²) < 4.78 is 6.83. The quantitative estimate of drug-likeness (QED) is 0.661. The zero-order valence-electron chi connectivity index (χ0n) is 12.6. The van der Waals surface area contributed by atoms with E-state index < -0.39 is 0 Å². The summed E-state index contributed by atoms with van der Waals surface area (Å²) >= 11 is 3.45. The molecule has 4 heteroatoms. The second kappa shape index (κ2) is 7.79. The predicted molar refractivity (Wildman–Crippen MR) is 96.5 cm³/mol. The van der Waals surface area contributed by atoms with Gasteiger partial charge in [-0.25, -0.2) is 4.98 Å². The molecule has 0 radical (unpaired) electrons. The Kier molecular flexibility index (Phi) is 5.27. The van der Waals surface area contributed by atoms with Crippen molar-refractivity contribution in [2.75, 3.05) is 5.32 Å². The van der Waals surface area contributed by atoms with E-state index in [4.69, 9.17) is 4.74 Å². The van der Waals surface area contributed by atoms with Gasteiger partial charge in [0.1, 0.15) is 6.61 Å². The summed E-state index contributed by atoms with van der Waals surface area (Å²) in [5.41, 5.74) is 2.33. The molecule has 1 N–H and O–H groups in total. The van der Waals surface area contributed by atoms with E-state index in [0.717, 1.165) is 21.6 Å². The number of hydrogen-bond donors (Lipinski definition) is 1. The number of aromatic nitrogens is 1. The molecule has 0 saturated carbocycles. The van der Waals surface area contributed by atoms with E-state index in [-0.39, 0.29) is 0 Å². The van der Waals surface area contributed by atoms with Gasteiger partial charge in [0.05, 0.1) is 0 Å². The Morgan fingerprint density at radius 2 is 1.57 bits per heavy atom. The van der Waals surface area contributed by atoms with E-state index in [1.165, 1.54) is 5.56 Å². The van der Waals surface area contributed by atoms with E-state index in [1.54, 1.807) is 6.20 Å². The van der Waals surface area contributed by atoms with Crippen molar-refractivity contribution in [1.29, 1.82) is 0 Å². The van der Waals surface area contributed by atoms with E-state index in [0.29, 0.717) is 13.2 Å². The molecule has 3 nitrogen and oxygen atoms in total. The minimum atomic E-state index is 0.513. The van der Waals surface area contributed by atoms with Gasteiger partial charge in [0, 0.05) is 17.2 Å². The first-order chi connectivity index (χ1) is 11.3. The van der Waals surface area contributed by atoms with Crippen LogP contribution >= 0.6 is 15.9 Å². The molecule has 0 aliphatic heterocycles. The van der Waals surface area contributed by atoms with Crippen molar-refractivity contribution in [3.63, 3.8) is 0 Å². The average Bonchev–Trinajstić information content (AvgIpc) is 2.61. The maximum atomic E-state index is 5.94. The molecule has 3 rings (SSSR count). The van der Waals surface area contributed by atoms with Crippen LogP contribution in [0.2, 0.25) is 0 Å². The normalized spacial score (nSPS) is 10.3. The van der Waals surface area contributed by atoms with Crippen molar-refractivity contribution in [1.82, 2.24) is 4.98 Å². The maximum Gasteiger partial charge on any atom is 0.169 e. The lowest BCUT2D eigenvalue weighted by Crippen LogP contribution is -2.05. The molecule has 0 spiro atoms. The number of rotatable bonds is 6. The number of ether oxygens (including phenoxy) is 1. The van der Waals surface area contributed by atoms with E-state index in [1.807, 2.05) is 54.6 Å². The number of pyridine rings is 1. The van der Waals surface area contributed by atoms with Crippen LogP contribution in [0.3, 0.4) is 0 Å². The highest BCUT2D eigenvalue weighted by molar-refractivity contribution is 9.10. The lowest BCUT2D eigenvalue weighted by Gasteiger charge is -2.13. The molecule has 1 heterocycles. The number of halogens is 1. The molecule has 0 unspecified atom stereocenters. The van der Waals surface area contributed by atoms with Gasteiger partial charge >= 0.3 is 0 Å². The monoisotopic (exact) mass is 368 g/mol. The summed E-state index contributed by atoms with van der Waals surface area (Å²) in [6.07, 6.45) is 1.77. The number of nitrogens with zero attached hydrogens (tertiary/aromatic N) is 1. The summed E-state index contributed by atoms with van der Waals surface area (Å²) in [6, 6.07) is 22.3. The fourth-order valence-corrected chi connectivity index (χ4v) is 2.49. The van der Waals surface area contributed by atoms with Crippen LogP contribution < -0.4 is 10.1 Å². The molecule has 0 fully saturated rings. The average molecular weight is 369 g/mol. The maximum absolute atomic E-state index is 5.94. The summed E-state index contributed by atoms with van der Waals surface area (Å²) in [5, 5.41) is 3.34. The summed E-state index contributed by atoms with van der Waals surface area (Å²) in [4.78, 5) is 4.42. The van der Waals surface area contributed by atoms with Crippen LogP contribution in [-0.4, -0.2) is 4.98 Å². The molecule has 23 heavy (non-hydrogen) atoms. The largest absolute Gasteiger partial charge is 0.485 e. The lowest BCUT2D eigenvalue weighted by atomic mass is 10.2. The molecule has 0 bridgehead atoms. The fourth-order valence-electron chi connectivity index (χ4n) is 2.18. The van der Waals surface area contributed by atoms with Gasteiger partial charge in [-0.05, 0) is 33.1 Å². The first kappa shape index (κ1) is 15.6. The standard InChI is InChI=1S/C19H17BrN2O/c20-17-11-18(23-14-16-9-5-2-6-10-16)19(22-13-17)21-12-15-7-3-1-4-8-15/h1-11,13H,12,14H2,(H,21,22). The van der Waals surface area contributed by atoms with Crippen LogP contribution in [0.15, 0.2) is 77.4 Å². The van der Waals surface area contributed by atoms with Gasteiger partial charge < -0.3 is 10.1 Å². The number of hydrogen-bond acceptors (Lipinski definition) is 3. The zero-order valence-corrected chi connectivity index (χ0v) is 14.2. The van der Waals surface area contributed by atoms with Crippen molar-refractivity contribution < 1.29 is 4.74 Å². The highest BCUT2D eigenvalue weighted by Gasteiger charge is 2.07. The number of benzene rings is 2. The number of anilines is 1. The van der Waals surface area contributed by atoms with Crippen molar-refractivity contribution in [2.24, 2.45) is 0 Å². The van der Waals surface area contributed by atoms with Crippen molar-refractivity contribution in [2.45, 2.75) is 13.2 Å². The molecule has 2 aromatic carbocycles. The van der Waals surface area contributed by atoms with E-state index >= 15 is 0 Å². The molecule has 0 saturated heterocycles. The van der Waals surface area contributed by atoms with Crippen LogP contribution in [0.5, 0.6) is 5.75 Å². The van der Waals surface area contributed by atoms with Gasteiger partial charge in [-0.15, -0.1) is 0 Å². The third kappa shape index (κ3) is 4.57. The zero-order chi connectivity index (χ0) is 15.9. The summed E-state index contributed by atoms with van der Waals surface area (Å²) in [7, 11) is 0. The molecule has 0 atom stereocenters. The Morgan fingerprint density at radius 3 is 2.26 bits per heavy atom. The molecule has 0 aliphatic carbocycles. The van der Waals surface area contributed by atoms with Gasteiger partial charge in [0.2, 0.25) is 0 Å². The van der Waals surface area contributed by atoms with Gasteiger partial charge in [0.25, 0.3) is 0 Å². The van der Waals surface area contributed by atoms with Crippen molar-refractivity contribution in [3.8, 4) is 5.75 Å². The molecule has 116 valence electrons. The van der Waals surface area contributed by atoms with E-state index in [2.05, 4.69) is 38.4 Å². The fraction of sp³-hybridized carbons (Fsp3) is 0.105. The first-order valence-electron chi connectivity index (χ1n) is 7.41. The third-order valence-electron chi connectivity index (χ3n) is 3.36. The Balaban J connectivity index is 1.70. The van der Waals surface area contributed by atoms with Crippen LogP contribution in [0, 0.1) is 0 Å². The highest BCUT2D eigenvalue weighted by atomic mass is 79.9. The smallest absolute Gasteiger partial charge is 0.169 e. The molecular weight excluding hydrogens is 352 g/mol. The first-order valence-corrected chi connectivity index (χ1v) is 8.20. The minimum absolute atomic E-state index is 0.513. The van der Waals surface area contributed by atoms with Gasteiger partial charge in [-0.2, -0.15) is 0 Å². The van der Waals surface area contributed by atoms with Crippen LogP contribution in [-0.2, 0) is 13.2 Å². The number of nitrogens with one attached hydrogen (secondary N) is 1. The SMILES string of the molecule is Brc1cnc(NCc2ccccc2)c(OCc2ccccc2)c1. The molecule has 1 aromatic heterocycles. The lowest BCUT2D eigenvalue weighted by molar-refractivity contribution is 0.306. The molecule has 0 amide bonds. The Hall–Kier alpha value is -2.33. The minimum Gasteiger partial charge on any atom is -0.485 e. The molecular formula is C19H17BrN2O. The van der Waals surface area contributed by atoms with Crippen molar-refractivity contribution in [3.05, 3.63) is 88.5 Å². The predicted octanol–water partition coefficient (Wildman–Crippen LogP) is 5.04. The molecule has 0 aliphatic rings. The highest BCUT2D eigenvalue weighted by Crippen LogP contribution is 2.27. The van der Waals surface area contributed by atoms with Crippen LogP contribution in [0.4, 0.5) is 5.82 Å². The topological polar surface area (TPSA) is 34.2 Å². The van der Waals surface area contributed by atoms with E-state index in [9.17, 15) is 0 Å². The Bertz CT molecular complexity index is 748.